The molecule has 0 radical (unpaired) electrons. The Balaban J connectivity index is 1.26. The summed E-state index contributed by atoms with van der Waals surface area (Å²) in [5.41, 5.74) is 1.55. The van der Waals surface area contributed by atoms with Crippen LogP contribution in [0.1, 0.15) is 31.1 Å². The van der Waals surface area contributed by atoms with Crippen molar-refractivity contribution in [1.29, 1.82) is 0 Å². The fourth-order valence-corrected chi connectivity index (χ4v) is 4.64. The van der Waals surface area contributed by atoms with Crippen molar-refractivity contribution in [2.75, 3.05) is 36.8 Å². The lowest BCUT2D eigenvalue weighted by molar-refractivity contribution is -0.127. The first kappa shape index (κ1) is 26.2. The molecule has 5 rings (SSSR count). The number of fused-ring (bicyclic) bond motifs is 1. The van der Waals surface area contributed by atoms with Crippen LogP contribution in [0.15, 0.2) is 79.0 Å². The summed E-state index contributed by atoms with van der Waals surface area (Å²) in [5.74, 6) is -2.68. The Bertz CT molecular complexity index is 1620. The molecule has 11 nitrogen and oxygen atoms in total. The summed E-state index contributed by atoms with van der Waals surface area (Å²) in [6.07, 6.45) is 1.42. The van der Waals surface area contributed by atoms with Crippen molar-refractivity contribution >= 4 is 51.9 Å². The molecule has 0 atom stereocenters. The number of urea groups is 1. The number of ketones is 1. The van der Waals surface area contributed by atoms with Gasteiger partial charge in [0.05, 0.1) is 28.0 Å². The lowest BCUT2D eigenvalue weighted by atomic mass is 10.1. The topological polar surface area (TPSA) is 152 Å². The molecule has 0 unspecified atom stereocenters. The quantitative estimate of drug-likeness (QED) is 0.217. The van der Waals surface area contributed by atoms with Crippen molar-refractivity contribution in [2.24, 2.45) is 0 Å². The number of aromatic carboxylic acids is 1. The number of H-pyrrole nitrogens is 1. The number of rotatable bonds is 6. The van der Waals surface area contributed by atoms with Crippen LogP contribution in [0.5, 0.6) is 0 Å². The zero-order valence-electron chi connectivity index (χ0n) is 21.2. The Kier molecular flexibility index (Phi) is 7.27. The molecular formula is C29H25N5O6. The lowest BCUT2D eigenvalue weighted by Gasteiger charge is -2.34. The number of nitrogens with zero attached hydrogens (tertiary/aromatic N) is 2. The van der Waals surface area contributed by atoms with Crippen LogP contribution < -0.4 is 10.6 Å². The second kappa shape index (κ2) is 11.1. The van der Waals surface area contributed by atoms with Crippen LogP contribution in [0.25, 0.3) is 10.9 Å². The van der Waals surface area contributed by atoms with Crippen molar-refractivity contribution in [1.82, 2.24) is 14.8 Å². The molecule has 2 heterocycles. The van der Waals surface area contributed by atoms with E-state index in [1.54, 1.807) is 59.5 Å². The maximum absolute atomic E-state index is 13.2. The number of Topliss-reactive ketones (excluding diaryl/α,β-unsaturated/α-hetero) is 1. The summed E-state index contributed by atoms with van der Waals surface area (Å²) < 4.78 is 0. The summed E-state index contributed by atoms with van der Waals surface area (Å²) in [5, 5.41) is 14.9. The Hall–Kier alpha value is -5.45. The number of anilines is 2. The van der Waals surface area contributed by atoms with Crippen LogP contribution in [0, 0.1) is 0 Å². The molecule has 0 spiro atoms. The monoisotopic (exact) mass is 539 g/mol. The van der Waals surface area contributed by atoms with Crippen molar-refractivity contribution in [3.8, 4) is 0 Å². The van der Waals surface area contributed by atoms with Gasteiger partial charge >= 0.3 is 12.0 Å². The van der Waals surface area contributed by atoms with Gasteiger partial charge in [-0.05, 0) is 30.3 Å². The zero-order valence-corrected chi connectivity index (χ0v) is 21.2. The number of carboxylic acids is 1. The summed E-state index contributed by atoms with van der Waals surface area (Å²) in [7, 11) is 0. The van der Waals surface area contributed by atoms with Crippen LogP contribution in [0.4, 0.5) is 16.2 Å². The van der Waals surface area contributed by atoms with Gasteiger partial charge in [-0.15, -0.1) is 0 Å². The van der Waals surface area contributed by atoms with Gasteiger partial charge in [-0.2, -0.15) is 0 Å². The van der Waals surface area contributed by atoms with Gasteiger partial charge in [0.1, 0.15) is 0 Å². The first-order valence-corrected chi connectivity index (χ1v) is 12.5. The molecular weight excluding hydrogens is 514 g/mol. The summed E-state index contributed by atoms with van der Waals surface area (Å²) in [6.45, 7) is 1.09. The molecule has 0 bridgehead atoms. The van der Waals surface area contributed by atoms with Crippen molar-refractivity contribution in [3.63, 3.8) is 0 Å². The number of hydrogen-bond donors (Lipinski definition) is 4. The van der Waals surface area contributed by atoms with Gasteiger partial charge < -0.3 is 30.5 Å². The average Bonchev–Trinajstić information content (AvgIpc) is 3.42. The molecule has 1 aliphatic heterocycles. The minimum atomic E-state index is -1.18. The van der Waals surface area contributed by atoms with E-state index in [1.807, 2.05) is 6.07 Å². The third kappa shape index (κ3) is 5.25. The predicted molar refractivity (Wildman–Crippen MR) is 148 cm³/mol. The molecule has 11 heteroatoms. The lowest BCUT2D eigenvalue weighted by Crippen LogP contribution is -2.52. The number of piperazine rings is 1. The van der Waals surface area contributed by atoms with Crippen LogP contribution >= 0.6 is 0 Å². The largest absolute Gasteiger partial charge is 0.478 e. The molecule has 202 valence electrons. The molecule has 1 saturated heterocycles. The molecule has 40 heavy (non-hydrogen) atoms. The number of benzene rings is 3. The number of carboxylic acid groups (broad SMARTS) is 1. The number of hydrogen-bond acceptors (Lipinski definition) is 5. The summed E-state index contributed by atoms with van der Waals surface area (Å²) >= 11 is 0. The van der Waals surface area contributed by atoms with E-state index in [9.17, 15) is 29.1 Å². The van der Waals surface area contributed by atoms with E-state index >= 15 is 0 Å². The van der Waals surface area contributed by atoms with E-state index < -0.39 is 23.7 Å². The second-order valence-electron chi connectivity index (χ2n) is 9.14. The number of carbonyl (C=O) groups is 5. The van der Waals surface area contributed by atoms with Gasteiger partial charge in [0.25, 0.3) is 17.6 Å². The van der Waals surface area contributed by atoms with E-state index in [1.165, 1.54) is 23.2 Å². The van der Waals surface area contributed by atoms with Crippen LogP contribution in [0.3, 0.4) is 0 Å². The van der Waals surface area contributed by atoms with E-state index in [4.69, 9.17) is 0 Å². The molecule has 4 N–H and O–H groups in total. The van der Waals surface area contributed by atoms with Crippen LogP contribution in [0.2, 0.25) is 0 Å². The highest BCUT2D eigenvalue weighted by Gasteiger charge is 2.30. The second-order valence-corrected chi connectivity index (χ2v) is 9.14. The molecule has 4 aromatic rings. The highest BCUT2D eigenvalue weighted by Crippen LogP contribution is 2.27. The van der Waals surface area contributed by atoms with Gasteiger partial charge in [-0.3, -0.25) is 14.4 Å². The molecule has 0 aliphatic carbocycles. The first-order valence-electron chi connectivity index (χ1n) is 12.5. The van der Waals surface area contributed by atoms with E-state index in [0.717, 1.165) is 0 Å². The average molecular weight is 540 g/mol. The molecule has 1 aliphatic rings. The number of carbonyl (C=O) groups excluding carboxylic acids is 4. The normalized spacial score (nSPS) is 13.1. The SMILES string of the molecule is O=C(Nc1ccccc1C(=O)O)Nc1cccc2c(C(=O)C(=O)N3CCN(C(=O)c4ccccc4)CC3)c[nH]c12. The third-order valence-corrected chi connectivity index (χ3v) is 6.68. The van der Waals surface area contributed by atoms with Crippen molar-refractivity contribution < 1.29 is 29.1 Å². The van der Waals surface area contributed by atoms with Crippen molar-refractivity contribution in [2.45, 2.75) is 0 Å². The minimum absolute atomic E-state index is 0.0626. The maximum Gasteiger partial charge on any atom is 0.337 e. The van der Waals surface area contributed by atoms with E-state index in [0.29, 0.717) is 35.2 Å². The molecule has 3 aromatic carbocycles. The van der Waals surface area contributed by atoms with Crippen LogP contribution in [-0.2, 0) is 4.79 Å². The fraction of sp³-hybridized carbons (Fsp3) is 0.138. The standard InChI is InChI=1S/C29H25N5O6/c35-25(27(37)34-15-13-33(14-16-34)26(36)18-7-2-1-3-8-18)21-17-30-24-19(21)10-6-12-23(24)32-29(40)31-22-11-5-4-9-20(22)28(38)39/h1-12,17,30H,13-16H2,(H,38,39)(H2,31,32,40). The highest BCUT2D eigenvalue weighted by atomic mass is 16.4. The summed E-state index contributed by atoms with van der Waals surface area (Å²) in [4.78, 5) is 69.1. The zero-order chi connectivity index (χ0) is 28.2. The molecule has 0 saturated carbocycles. The Labute approximate surface area is 228 Å². The fourth-order valence-electron chi connectivity index (χ4n) is 4.64. The number of aromatic nitrogens is 1. The van der Waals surface area contributed by atoms with Gasteiger partial charge in [0.15, 0.2) is 0 Å². The Morgan fingerprint density at radius 1 is 0.700 bits per heavy atom. The molecule has 1 aromatic heterocycles. The summed E-state index contributed by atoms with van der Waals surface area (Å²) in [6, 6.07) is 19.1. The van der Waals surface area contributed by atoms with Crippen molar-refractivity contribution in [3.05, 3.63) is 95.7 Å². The van der Waals surface area contributed by atoms with Crippen LogP contribution in [-0.4, -0.2) is 75.7 Å². The Morgan fingerprint density at radius 2 is 1.32 bits per heavy atom. The van der Waals surface area contributed by atoms with E-state index in [2.05, 4.69) is 15.6 Å². The smallest absolute Gasteiger partial charge is 0.337 e. The van der Waals surface area contributed by atoms with Gasteiger partial charge in [0, 0.05) is 43.3 Å². The van der Waals surface area contributed by atoms with E-state index in [-0.39, 0.29) is 35.8 Å². The third-order valence-electron chi connectivity index (χ3n) is 6.68. The molecule has 1 fully saturated rings. The number of para-hydroxylation sites is 2. The van der Waals surface area contributed by atoms with Gasteiger partial charge in [-0.25, -0.2) is 9.59 Å². The first-order chi connectivity index (χ1) is 19.3. The molecule has 4 amide bonds. The number of amides is 4. The minimum Gasteiger partial charge on any atom is -0.478 e. The maximum atomic E-state index is 13.2. The number of aromatic amines is 1. The van der Waals surface area contributed by atoms with Gasteiger partial charge in [-0.1, -0.05) is 42.5 Å². The predicted octanol–water partition coefficient (Wildman–Crippen LogP) is 3.68. The van der Waals surface area contributed by atoms with Gasteiger partial charge in [0.2, 0.25) is 0 Å². The Morgan fingerprint density at radius 3 is 2.05 bits per heavy atom. The number of nitrogens with one attached hydrogen (secondary N) is 3. The highest BCUT2D eigenvalue weighted by molar-refractivity contribution is 6.45.